The van der Waals surface area contributed by atoms with Crippen molar-refractivity contribution in [3.8, 4) is 0 Å². The molecule has 1 aromatic rings. The standard InChI is InChI=1S/C15H18N2O4S/c1-21-14(19)8-16-15(20)10-7-13(18)17(9-10)11-3-5-12(22-2)6-4-11/h3-6,10H,7-9H2,1-2H3,(H,16,20)/t10-/m0/s1. The number of carbonyl (C=O) groups excluding carboxylic acids is 3. The SMILES string of the molecule is COC(=O)CNC(=O)[C@H]1CC(=O)N(c2ccc(SC)cc2)C1. The van der Waals surface area contributed by atoms with Crippen molar-refractivity contribution >= 4 is 35.2 Å². The number of carbonyl (C=O) groups is 3. The Morgan fingerprint density at radius 1 is 1.36 bits per heavy atom. The second kappa shape index (κ2) is 7.31. The van der Waals surface area contributed by atoms with Gasteiger partial charge in [-0.2, -0.15) is 0 Å². The van der Waals surface area contributed by atoms with Crippen LogP contribution in [-0.4, -0.2) is 44.2 Å². The van der Waals surface area contributed by atoms with Crippen LogP contribution in [-0.2, 0) is 19.1 Å². The number of nitrogens with one attached hydrogen (secondary N) is 1. The molecule has 0 spiro atoms. The van der Waals surface area contributed by atoms with E-state index in [9.17, 15) is 14.4 Å². The minimum absolute atomic E-state index is 0.0879. The van der Waals surface area contributed by atoms with Crippen molar-refractivity contribution in [2.24, 2.45) is 5.92 Å². The van der Waals surface area contributed by atoms with E-state index in [4.69, 9.17) is 0 Å². The molecule has 0 unspecified atom stereocenters. The van der Waals surface area contributed by atoms with Gasteiger partial charge in [0.2, 0.25) is 11.8 Å². The van der Waals surface area contributed by atoms with E-state index in [0.717, 1.165) is 10.6 Å². The molecule has 1 heterocycles. The number of benzene rings is 1. The Balaban J connectivity index is 1.97. The second-order valence-corrected chi connectivity index (χ2v) is 5.78. The van der Waals surface area contributed by atoms with Crippen LogP contribution in [0.1, 0.15) is 6.42 Å². The van der Waals surface area contributed by atoms with Gasteiger partial charge in [-0.05, 0) is 30.5 Å². The number of ether oxygens (including phenoxy) is 1. The molecule has 2 rings (SSSR count). The first-order chi connectivity index (χ1) is 10.5. The highest BCUT2D eigenvalue weighted by Gasteiger charge is 2.35. The summed E-state index contributed by atoms with van der Waals surface area (Å²) >= 11 is 1.63. The summed E-state index contributed by atoms with van der Waals surface area (Å²) in [6.07, 6.45) is 2.13. The van der Waals surface area contributed by atoms with E-state index in [1.54, 1.807) is 16.7 Å². The fraction of sp³-hybridized carbons (Fsp3) is 0.400. The highest BCUT2D eigenvalue weighted by atomic mass is 32.2. The third kappa shape index (κ3) is 3.79. The summed E-state index contributed by atoms with van der Waals surface area (Å²) in [6.45, 7) is 0.146. The van der Waals surface area contributed by atoms with Crippen molar-refractivity contribution in [1.29, 1.82) is 0 Å². The molecule has 1 aliphatic heterocycles. The van der Waals surface area contributed by atoms with Crippen LogP contribution in [0.2, 0.25) is 0 Å². The minimum atomic E-state index is -0.512. The van der Waals surface area contributed by atoms with Gasteiger partial charge < -0.3 is 15.0 Å². The number of thioether (sulfide) groups is 1. The summed E-state index contributed by atoms with van der Waals surface area (Å²) in [5.41, 5.74) is 0.783. The molecular formula is C15H18N2O4S. The van der Waals surface area contributed by atoms with Crippen LogP contribution in [0.4, 0.5) is 5.69 Å². The van der Waals surface area contributed by atoms with Gasteiger partial charge in [0, 0.05) is 23.5 Å². The van der Waals surface area contributed by atoms with Gasteiger partial charge in [-0.1, -0.05) is 0 Å². The fourth-order valence-corrected chi connectivity index (χ4v) is 2.68. The summed E-state index contributed by atoms with van der Waals surface area (Å²) in [6, 6.07) is 7.63. The maximum Gasteiger partial charge on any atom is 0.325 e. The molecule has 22 heavy (non-hydrogen) atoms. The molecule has 118 valence electrons. The lowest BCUT2D eigenvalue weighted by Crippen LogP contribution is -2.36. The van der Waals surface area contributed by atoms with E-state index >= 15 is 0 Å². The lowest BCUT2D eigenvalue weighted by atomic mass is 10.1. The number of methoxy groups -OCH3 is 1. The number of hydrogen-bond acceptors (Lipinski definition) is 5. The van der Waals surface area contributed by atoms with Crippen molar-refractivity contribution in [1.82, 2.24) is 5.32 Å². The highest BCUT2D eigenvalue weighted by molar-refractivity contribution is 7.98. The maximum absolute atomic E-state index is 12.1. The Labute approximate surface area is 133 Å². The first-order valence-electron chi connectivity index (χ1n) is 6.84. The van der Waals surface area contributed by atoms with Crippen molar-refractivity contribution in [3.63, 3.8) is 0 Å². The average molecular weight is 322 g/mol. The number of anilines is 1. The number of esters is 1. The van der Waals surface area contributed by atoms with Crippen LogP contribution in [0.3, 0.4) is 0 Å². The normalized spacial score (nSPS) is 17.5. The summed E-state index contributed by atoms with van der Waals surface area (Å²) in [4.78, 5) is 37.8. The van der Waals surface area contributed by atoms with E-state index in [-0.39, 0.29) is 24.8 Å². The predicted molar refractivity (Wildman–Crippen MR) is 83.7 cm³/mol. The van der Waals surface area contributed by atoms with Crippen LogP contribution < -0.4 is 10.2 Å². The third-order valence-corrected chi connectivity index (χ3v) is 4.26. The molecule has 1 fully saturated rings. The Bertz CT molecular complexity index is 573. The lowest BCUT2D eigenvalue weighted by molar-refractivity contribution is -0.141. The van der Waals surface area contributed by atoms with Crippen LogP contribution in [0.25, 0.3) is 0 Å². The van der Waals surface area contributed by atoms with Crippen molar-refractivity contribution < 1.29 is 19.1 Å². The minimum Gasteiger partial charge on any atom is -0.468 e. The molecule has 1 aromatic carbocycles. The van der Waals surface area contributed by atoms with Gasteiger partial charge >= 0.3 is 5.97 Å². The average Bonchev–Trinajstić information content (AvgIpc) is 2.94. The Morgan fingerprint density at radius 2 is 2.05 bits per heavy atom. The molecule has 7 heteroatoms. The number of hydrogen-bond donors (Lipinski definition) is 1. The second-order valence-electron chi connectivity index (χ2n) is 4.90. The molecule has 1 atom stereocenters. The van der Waals surface area contributed by atoms with E-state index in [0.29, 0.717) is 6.54 Å². The Kier molecular flexibility index (Phi) is 5.43. The Morgan fingerprint density at radius 3 is 2.64 bits per heavy atom. The molecular weight excluding hydrogens is 304 g/mol. The zero-order chi connectivity index (χ0) is 16.1. The van der Waals surface area contributed by atoms with Crippen LogP contribution >= 0.6 is 11.8 Å². The topological polar surface area (TPSA) is 75.7 Å². The Hall–Kier alpha value is -2.02. The molecule has 0 bridgehead atoms. The van der Waals surface area contributed by atoms with Gasteiger partial charge in [-0.15, -0.1) is 11.8 Å². The van der Waals surface area contributed by atoms with Crippen molar-refractivity contribution in [2.45, 2.75) is 11.3 Å². The van der Waals surface area contributed by atoms with E-state index < -0.39 is 11.9 Å². The van der Waals surface area contributed by atoms with Gasteiger partial charge in [0.25, 0.3) is 0 Å². The van der Waals surface area contributed by atoms with Gasteiger partial charge in [-0.3, -0.25) is 14.4 Å². The molecule has 0 radical (unpaired) electrons. The molecule has 2 amide bonds. The smallest absolute Gasteiger partial charge is 0.325 e. The monoisotopic (exact) mass is 322 g/mol. The van der Waals surface area contributed by atoms with E-state index in [1.165, 1.54) is 7.11 Å². The van der Waals surface area contributed by atoms with Gasteiger partial charge in [0.1, 0.15) is 6.54 Å². The summed E-state index contributed by atoms with van der Waals surface area (Å²) < 4.78 is 4.46. The zero-order valence-electron chi connectivity index (χ0n) is 12.5. The summed E-state index contributed by atoms with van der Waals surface area (Å²) in [5.74, 6) is -1.35. The van der Waals surface area contributed by atoms with Gasteiger partial charge in [0.15, 0.2) is 0 Å². The fourth-order valence-electron chi connectivity index (χ4n) is 2.27. The zero-order valence-corrected chi connectivity index (χ0v) is 13.3. The first-order valence-corrected chi connectivity index (χ1v) is 8.06. The van der Waals surface area contributed by atoms with Gasteiger partial charge in [0.05, 0.1) is 13.0 Å². The number of nitrogens with zero attached hydrogens (tertiary/aromatic N) is 1. The lowest BCUT2D eigenvalue weighted by Gasteiger charge is -2.17. The van der Waals surface area contributed by atoms with E-state index in [2.05, 4.69) is 10.1 Å². The molecule has 1 aliphatic rings. The highest BCUT2D eigenvalue weighted by Crippen LogP contribution is 2.27. The summed E-state index contributed by atoms with van der Waals surface area (Å²) in [7, 11) is 1.26. The molecule has 1 N–H and O–H groups in total. The van der Waals surface area contributed by atoms with Crippen molar-refractivity contribution in [3.05, 3.63) is 24.3 Å². The summed E-state index contributed by atoms with van der Waals surface area (Å²) in [5, 5.41) is 2.49. The number of amides is 2. The molecule has 6 nitrogen and oxygen atoms in total. The first kappa shape index (κ1) is 16.4. The third-order valence-electron chi connectivity index (χ3n) is 3.51. The van der Waals surface area contributed by atoms with Crippen molar-refractivity contribution in [2.75, 3.05) is 31.4 Å². The molecule has 1 saturated heterocycles. The van der Waals surface area contributed by atoms with Gasteiger partial charge in [-0.25, -0.2) is 0 Å². The molecule has 0 aromatic heterocycles. The number of rotatable bonds is 5. The molecule has 0 aliphatic carbocycles. The van der Waals surface area contributed by atoms with Crippen LogP contribution in [0.15, 0.2) is 29.2 Å². The maximum atomic E-state index is 12.1. The quantitative estimate of drug-likeness (QED) is 0.648. The molecule has 0 saturated carbocycles. The van der Waals surface area contributed by atoms with E-state index in [1.807, 2.05) is 30.5 Å². The largest absolute Gasteiger partial charge is 0.468 e. The van der Waals surface area contributed by atoms with Crippen LogP contribution in [0, 0.1) is 5.92 Å². The predicted octanol–water partition coefficient (Wildman–Crippen LogP) is 1.05. The van der Waals surface area contributed by atoms with Crippen LogP contribution in [0.5, 0.6) is 0 Å².